The molecule has 3 aromatic carbocycles. The van der Waals surface area contributed by atoms with E-state index in [9.17, 15) is 0 Å². The first-order chi connectivity index (χ1) is 15.1. The molecule has 0 nitrogen and oxygen atoms in total. The molecule has 0 saturated carbocycles. The number of benzene rings is 2. The van der Waals surface area contributed by atoms with Gasteiger partial charge in [0, 0.05) is 0 Å². The molecule has 4 rings (SSSR count). The number of hydrogen-bond acceptors (Lipinski definition) is 0. The first-order valence-electron chi connectivity index (χ1n) is 12.6. The van der Waals surface area contributed by atoms with Crippen LogP contribution in [0.5, 0.6) is 0 Å². The second-order valence-corrected chi connectivity index (χ2v) is 12.9. The van der Waals surface area contributed by atoms with Gasteiger partial charge in [0.05, 0.1) is 0 Å². The third-order valence-electron chi connectivity index (χ3n) is 6.77. The second-order valence-electron chi connectivity index (χ2n) is 12.9. The van der Waals surface area contributed by atoms with E-state index in [0.717, 1.165) is 12.8 Å². The molecule has 0 bridgehead atoms. The fraction of sp³-hybridized carbons (Fsp3) is 0.485. The molecule has 0 spiro atoms. The molecule has 0 heterocycles. The van der Waals surface area contributed by atoms with Crippen molar-refractivity contribution in [3.8, 4) is 11.1 Å². The first-order valence-corrected chi connectivity index (χ1v) is 12.6. The minimum Gasteiger partial charge on any atom is -1.00 e. The largest absolute Gasteiger partial charge is 4.00 e. The van der Waals surface area contributed by atoms with E-state index in [0.29, 0.717) is 5.41 Å². The van der Waals surface area contributed by atoms with Crippen molar-refractivity contribution in [2.45, 2.75) is 105 Å². The van der Waals surface area contributed by atoms with Crippen LogP contribution in [0.1, 0.15) is 108 Å². The molecule has 0 unspecified atom stereocenters. The molecule has 0 fully saturated rings. The van der Waals surface area contributed by atoms with Gasteiger partial charge in [-0.25, -0.2) is 6.07 Å². The summed E-state index contributed by atoms with van der Waals surface area (Å²) >= 11 is 0. The zero-order chi connectivity index (χ0) is 24.8. The Bertz CT molecular complexity index is 1070. The van der Waals surface area contributed by atoms with Crippen LogP contribution in [0.15, 0.2) is 42.5 Å². The van der Waals surface area contributed by atoms with E-state index in [1.54, 1.807) is 0 Å². The summed E-state index contributed by atoms with van der Waals surface area (Å²) in [5, 5.41) is 0. The standard InChI is InChI=1S/C21H25.C12H19.2ClH.Zr/c1-20(2,3)16-7-9-18-14(12-16)11-15-13-17(21(4,5)6)8-10-19(15)18;1-6-10-7-9(2)8-11(10)12(3,4)5;;;/h7-10,12H,11H2,1-6H3;7-8H,6H2,1-5H3;2*1H;/q2*-1;;;+4/p-2. The third-order valence-corrected chi connectivity index (χ3v) is 6.77. The van der Waals surface area contributed by atoms with Crippen LogP contribution >= 0.6 is 0 Å². The first kappa shape index (κ1) is 35.3. The average Bonchev–Trinajstić information content (AvgIpc) is 3.25. The summed E-state index contributed by atoms with van der Waals surface area (Å²) in [4.78, 5) is 0. The quantitative estimate of drug-likeness (QED) is 0.294. The zero-order valence-corrected chi connectivity index (χ0v) is 28.2. The molecule has 0 aliphatic heterocycles. The molecule has 194 valence electrons. The predicted molar refractivity (Wildman–Crippen MR) is 146 cm³/mol. The summed E-state index contributed by atoms with van der Waals surface area (Å²) in [7, 11) is 0. The van der Waals surface area contributed by atoms with Crippen molar-refractivity contribution in [2.24, 2.45) is 0 Å². The molecule has 0 N–H and O–H groups in total. The Morgan fingerprint density at radius 2 is 1.36 bits per heavy atom. The van der Waals surface area contributed by atoms with Crippen molar-refractivity contribution in [1.29, 1.82) is 0 Å². The minimum atomic E-state index is 0. The van der Waals surface area contributed by atoms with Crippen molar-refractivity contribution in [1.82, 2.24) is 0 Å². The Kier molecular flexibility index (Phi) is 12.6. The van der Waals surface area contributed by atoms with Crippen molar-refractivity contribution in [2.75, 3.05) is 0 Å². The Morgan fingerprint density at radius 1 is 0.778 bits per heavy atom. The van der Waals surface area contributed by atoms with Crippen LogP contribution in [0.25, 0.3) is 11.1 Å². The van der Waals surface area contributed by atoms with Gasteiger partial charge in [0.25, 0.3) is 0 Å². The van der Waals surface area contributed by atoms with Crippen molar-refractivity contribution in [3.05, 3.63) is 87.5 Å². The van der Waals surface area contributed by atoms with Crippen LogP contribution in [-0.2, 0) is 55.3 Å². The fourth-order valence-corrected chi connectivity index (χ4v) is 4.73. The van der Waals surface area contributed by atoms with Gasteiger partial charge in [0.1, 0.15) is 0 Å². The van der Waals surface area contributed by atoms with Crippen LogP contribution in [0, 0.1) is 13.0 Å². The molecular formula is C33H44Cl2Zr. The van der Waals surface area contributed by atoms with Crippen LogP contribution < -0.4 is 24.8 Å². The van der Waals surface area contributed by atoms with Gasteiger partial charge >= 0.3 is 26.2 Å². The fourth-order valence-electron chi connectivity index (χ4n) is 4.73. The molecule has 36 heavy (non-hydrogen) atoms. The Morgan fingerprint density at radius 3 is 1.83 bits per heavy atom. The molecule has 0 radical (unpaired) electrons. The van der Waals surface area contributed by atoms with E-state index in [2.05, 4.69) is 125 Å². The van der Waals surface area contributed by atoms with Gasteiger partial charge in [-0.3, -0.25) is 0 Å². The molecule has 3 aromatic rings. The van der Waals surface area contributed by atoms with Crippen LogP contribution in [0.2, 0.25) is 0 Å². The number of aryl methyl sites for hydroxylation is 2. The second kappa shape index (κ2) is 12.9. The predicted octanol–water partition coefficient (Wildman–Crippen LogP) is 3.23. The molecule has 3 heteroatoms. The Labute approximate surface area is 253 Å². The number of halogens is 2. The maximum absolute atomic E-state index is 3.67. The van der Waals surface area contributed by atoms with Gasteiger partial charge in [0.15, 0.2) is 0 Å². The van der Waals surface area contributed by atoms with E-state index >= 15 is 0 Å². The summed E-state index contributed by atoms with van der Waals surface area (Å²) in [5.74, 6) is 0. The molecule has 0 atom stereocenters. The topological polar surface area (TPSA) is 0 Å². The summed E-state index contributed by atoms with van der Waals surface area (Å²) in [5.41, 5.74) is 13.4. The number of hydrogen-bond donors (Lipinski definition) is 0. The van der Waals surface area contributed by atoms with Crippen LogP contribution in [0.3, 0.4) is 0 Å². The van der Waals surface area contributed by atoms with E-state index in [1.807, 2.05) is 0 Å². The van der Waals surface area contributed by atoms with Gasteiger partial charge in [-0.2, -0.15) is 46.5 Å². The molecule has 0 saturated heterocycles. The smallest absolute Gasteiger partial charge is 1.00 e. The summed E-state index contributed by atoms with van der Waals surface area (Å²) < 4.78 is 0. The Balaban J connectivity index is 0.000000712. The van der Waals surface area contributed by atoms with Gasteiger partial charge in [-0.1, -0.05) is 112 Å². The SMILES string of the molecule is CC(C)(C)c1[c-]c2c(cc1)-c1ccc(C(C)(C)C)cc1C2.CCc1[cH-]c(C)cc1C(C)(C)C.[Cl-].[Cl-].[Zr+4]. The van der Waals surface area contributed by atoms with E-state index in [1.165, 1.54) is 50.1 Å². The van der Waals surface area contributed by atoms with E-state index in [4.69, 9.17) is 0 Å². The summed E-state index contributed by atoms with van der Waals surface area (Å²) in [6, 6.07) is 19.8. The third kappa shape index (κ3) is 8.12. The summed E-state index contributed by atoms with van der Waals surface area (Å²) in [6.45, 7) is 24.8. The van der Waals surface area contributed by atoms with Gasteiger partial charge < -0.3 is 24.8 Å². The normalized spacial score (nSPS) is 12.2. The molecule has 1 aliphatic rings. The van der Waals surface area contributed by atoms with Crippen molar-refractivity contribution in [3.63, 3.8) is 0 Å². The van der Waals surface area contributed by atoms with Gasteiger partial charge in [0.2, 0.25) is 0 Å². The zero-order valence-electron chi connectivity index (χ0n) is 24.2. The van der Waals surface area contributed by atoms with E-state index < -0.39 is 0 Å². The van der Waals surface area contributed by atoms with E-state index in [-0.39, 0.29) is 61.8 Å². The Hall–Kier alpha value is -0.747. The maximum Gasteiger partial charge on any atom is 4.00 e. The van der Waals surface area contributed by atoms with Crippen molar-refractivity contribution >= 4 is 0 Å². The average molecular weight is 603 g/mol. The molecular weight excluding hydrogens is 558 g/mol. The maximum atomic E-state index is 3.67. The number of fused-ring (bicyclic) bond motifs is 3. The molecule has 1 aliphatic carbocycles. The van der Waals surface area contributed by atoms with Gasteiger partial charge in [-0.15, -0.1) is 11.1 Å². The van der Waals surface area contributed by atoms with Gasteiger partial charge in [-0.05, 0) is 28.4 Å². The number of rotatable bonds is 1. The molecule has 0 aromatic heterocycles. The molecule has 0 amide bonds. The van der Waals surface area contributed by atoms with Crippen LogP contribution in [-0.4, -0.2) is 0 Å². The van der Waals surface area contributed by atoms with Crippen LogP contribution in [0.4, 0.5) is 0 Å². The monoisotopic (exact) mass is 600 g/mol. The minimum absolute atomic E-state index is 0. The van der Waals surface area contributed by atoms with Crippen molar-refractivity contribution < 1.29 is 51.0 Å². The summed E-state index contributed by atoms with van der Waals surface area (Å²) in [6.07, 6.45) is 2.18.